The number of nitrogens with one attached hydrogen (secondary N) is 1. The molecule has 2 aromatic carbocycles. The molecule has 3 aromatic rings. The summed E-state index contributed by atoms with van der Waals surface area (Å²) in [5, 5.41) is 3.30. The highest BCUT2D eigenvalue weighted by atomic mass is 35.5. The van der Waals surface area contributed by atoms with E-state index < -0.39 is 0 Å². The van der Waals surface area contributed by atoms with Crippen LogP contribution < -0.4 is 14.8 Å². The minimum absolute atomic E-state index is 0.0765. The summed E-state index contributed by atoms with van der Waals surface area (Å²) in [6.07, 6.45) is 1.72. The summed E-state index contributed by atoms with van der Waals surface area (Å²) in [6, 6.07) is 12.7. The Morgan fingerprint density at radius 3 is 2.58 bits per heavy atom. The van der Waals surface area contributed by atoms with Gasteiger partial charge in [-0.25, -0.2) is 4.98 Å². The van der Waals surface area contributed by atoms with Gasteiger partial charge in [0.05, 0.1) is 6.54 Å². The Morgan fingerprint density at radius 1 is 1.15 bits per heavy atom. The summed E-state index contributed by atoms with van der Waals surface area (Å²) < 4.78 is 11.8. The van der Waals surface area contributed by atoms with Gasteiger partial charge in [0.15, 0.2) is 21.7 Å². The molecule has 1 aliphatic rings. The topological polar surface area (TPSA) is 60.5 Å². The number of anilines is 1. The van der Waals surface area contributed by atoms with Crippen molar-refractivity contribution in [3.63, 3.8) is 0 Å². The number of thiazole rings is 1. The van der Waals surface area contributed by atoms with Crippen molar-refractivity contribution in [2.24, 2.45) is 0 Å². The fraction of sp³-hybridized carbons (Fsp3) is 0.158. The number of halogens is 1. The zero-order valence-corrected chi connectivity index (χ0v) is 15.3. The average molecular weight is 387 g/mol. The highest BCUT2D eigenvalue weighted by Crippen LogP contribution is 2.37. The van der Waals surface area contributed by atoms with Crippen LogP contribution in [0.15, 0.2) is 48.7 Å². The van der Waals surface area contributed by atoms with E-state index in [1.807, 2.05) is 24.3 Å². The number of hydrogen-bond donors (Lipinski definition) is 1. The van der Waals surface area contributed by atoms with Crippen LogP contribution in [0.4, 0.5) is 5.69 Å². The first-order valence-electron chi connectivity index (χ1n) is 8.08. The molecule has 0 spiro atoms. The van der Waals surface area contributed by atoms with Gasteiger partial charge >= 0.3 is 0 Å². The predicted molar refractivity (Wildman–Crippen MR) is 102 cm³/mol. The number of ketones is 1. The van der Waals surface area contributed by atoms with Crippen LogP contribution in [0, 0.1) is 0 Å². The highest BCUT2D eigenvalue weighted by molar-refractivity contribution is 7.15. The van der Waals surface area contributed by atoms with Crippen LogP contribution in [0.2, 0.25) is 4.47 Å². The molecule has 0 atom stereocenters. The molecule has 0 aliphatic carbocycles. The van der Waals surface area contributed by atoms with Gasteiger partial charge in [0.25, 0.3) is 0 Å². The summed E-state index contributed by atoms with van der Waals surface area (Å²) in [4.78, 5) is 18.0. The molecular weight excluding hydrogens is 372 g/mol. The first-order valence-corrected chi connectivity index (χ1v) is 9.27. The van der Waals surface area contributed by atoms with Crippen LogP contribution >= 0.6 is 22.9 Å². The van der Waals surface area contributed by atoms with Crippen molar-refractivity contribution in [1.29, 1.82) is 0 Å². The van der Waals surface area contributed by atoms with Crippen LogP contribution in [-0.2, 0) is 6.54 Å². The number of nitrogens with zero attached hydrogens (tertiary/aromatic N) is 1. The molecule has 0 radical (unpaired) electrons. The molecule has 4 rings (SSSR count). The van der Waals surface area contributed by atoms with Gasteiger partial charge in [0.1, 0.15) is 13.2 Å². The normalized spacial score (nSPS) is 12.7. The maximum atomic E-state index is 13.0. The molecule has 0 saturated carbocycles. The molecule has 2 heterocycles. The molecule has 1 aliphatic heterocycles. The molecule has 26 heavy (non-hydrogen) atoms. The lowest BCUT2D eigenvalue weighted by Gasteiger charge is -2.21. The molecule has 7 heteroatoms. The quantitative estimate of drug-likeness (QED) is 0.658. The lowest BCUT2D eigenvalue weighted by Crippen LogP contribution is -2.17. The molecular formula is C19H15ClN2O3S. The van der Waals surface area contributed by atoms with Crippen LogP contribution in [0.25, 0.3) is 0 Å². The number of rotatable bonds is 5. The van der Waals surface area contributed by atoms with E-state index in [2.05, 4.69) is 10.3 Å². The molecule has 0 saturated heterocycles. The molecule has 1 aromatic heterocycles. The number of carbonyl (C=O) groups excluding carboxylic acids is 1. The fourth-order valence-corrected chi connectivity index (χ4v) is 3.63. The lowest BCUT2D eigenvalue weighted by molar-refractivity contribution is 0.103. The van der Waals surface area contributed by atoms with Crippen molar-refractivity contribution in [3.05, 3.63) is 69.1 Å². The van der Waals surface area contributed by atoms with Gasteiger partial charge in [-0.05, 0) is 6.07 Å². The van der Waals surface area contributed by atoms with E-state index in [-0.39, 0.29) is 5.78 Å². The number of benzene rings is 2. The second kappa shape index (κ2) is 7.35. The number of hydrogen-bond acceptors (Lipinski definition) is 6. The molecule has 132 valence electrons. The van der Waals surface area contributed by atoms with Crippen molar-refractivity contribution >= 4 is 34.4 Å². The number of fused-ring (bicyclic) bond motifs is 1. The third-order valence-corrected chi connectivity index (χ3v) is 5.06. The van der Waals surface area contributed by atoms with Gasteiger partial charge in [-0.1, -0.05) is 41.9 Å². The zero-order chi connectivity index (χ0) is 17.9. The predicted octanol–water partition coefficient (Wildman–Crippen LogP) is 4.41. The molecule has 0 fully saturated rings. The van der Waals surface area contributed by atoms with E-state index >= 15 is 0 Å². The Bertz CT molecular complexity index is 943. The third-order valence-electron chi connectivity index (χ3n) is 3.94. The van der Waals surface area contributed by atoms with E-state index in [0.29, 0.717) is 52.5 Å². The van der Waals surface area contributed by atoms with E-state index in [0.717, 1.165) is 4.88 Å². The van der Waals surface area contributed by atoms with Crippen molar-refractivity contribution in [2.45, 2.75) is 6.54 Å². The van der Waals surface area contributed by atoms with Gasteiger partial charge in [0, 0.05) is 34.0 Å². The minimum atomic E-state index is -0.0765. The highest BCUT2D eigenvalue weighted by Gasteiger charge is 2.21. The van der Waals surface area contributed by atoms with Crippen LogP contribution in [0.5, 0.6) is 11.5 Å². The number of carbonyl (C=O) groups is 1. The average Bonchev–Trinajstić information content (AvgIpc) is 3.11. The van der Waals surface area contributed by atoms with Crippen LogP contribution in [0.1, 0.15) is 20.8 Å². The first-order chi connectivity index (χ1) is 12.7. The first kappa shape index (κ1) is 16.9. The zero-order valence-electron chi connectivity index (χ0n) is 13.7. The smallest absolute Gasteiger partial charge is 0.195 e. The third kappa shape index (κ3) is 3.52. The van der Waals surface area contributed by atoms with Gasteiger partial charge in [-0.2, -0.15) is 0 Å². The standard InChI is InChI=1S/C19H15ClN2O3S/c20-19-22-11-13(26-19)10-21-15-9-17-16(24-6-7-25-17)8-14(15)18(23)12-4-2-1-3-5-12/h1-5,8-9,11,21H,6-7,10H2. The maximum absolute atomic E-state index is 13.0. The summed E-state index contributed by atoms with van der Waals surface area (Å²) in [5.41, 5.74) is 1.84. The van der Waals surface area contributed by atoms with Crippen molar-refractivity contribution in [3.8, 4) is 11.5 Å². The second-order valence-electron chi connectivity index (χ2n) is 5.67. The summed E-state index contributed by atoms with van der Waals surface area (Å²) in [7, 11) is 0. The Balaban J connectivity index is 1.69. The second-order valence-corrected chi connectivity index (χ2v) is 7.37. The Morgan fingerprint density at radius 2 is 1.88 bits per heavy atom. The van der Waals surface area contributed by atoms with Gasteiger partial charge < -0.3 is 14.8 Å². The van der Waals surface area contributed by atoms with Gasteiger partial charge in [-0.15, -0.1) is 11.3 Å². The van der Waals surface area contributed by atoms with Crippen molar-refractivity contribution in [1.82, 2.24) is 4.98 Å². The number of aromatic nitrogens is 1. The van der Waals surface area contributed by atoms with E-state index in [9.17, 15) is 4.79 Å². The van der Waals surface area contributed by atoms with E-state index in [1.54, 1.807) is 24.4 Å². The van der Waals surface area contributed by atoms with Gasteiger partial charge in [0.2, 0.25) is 0 Å². The van der Waals surface area contributed by atoms with Crippen LogP contribution in [-0.4, -0.2) is 24.0 Å². The Kier molecular flexibility index (Phi) is 4.77. The van der Waals surface area contributed by atoms with E-state index in [1.165, 1.54) is 11.3 Å². The monoisotopic (exact) mass is 386 g/mol. The number of ether oxygens (including phenoxy) is 2. The summed E-state index contributed by atoms with van der Waals surface area (Å²) >= 11 is 7.29. The molecule has 0 bridgehead atoms. The molecule has 5 nitrogen and oxygen atoms in total. The molecule has 0 amide bonds. The van der Waals surface area contributed by atoms with Crippen molar-refractivity contribution in [2.75, 3.05) is 18.5 Å². The molecule has 0 unspecified atom stereocenters. The van der Waals surface area contributed by atoms with Crippen molar-refractivity contribution < 1.29 is 14.3 Å². The summed E-state index contributed by atoms with van der Waals surface area (Å²) in [5.74, 6) is 1.14. The Hall–Kier alpha value is -2.57. The van der Waals surface area contributed by atoms with Crippen LogP contribution in [0.3, 0.4) is 0 Å². The van der Waals surface area contributed by atoms with Gasteiger partial charge in [-0.3, -0.25) is 4.79 Å². The minimum Gasteiger partial charge on any atom is -0.486 e. The lowest BCUT2D eigenvalue weighted by atomic mass is 10.0. The largest absolute Gasteiger partial charge is 0.486 e. The molecule has 1 N–H and O–H groups in total. The SMILES string of the molecule is O=C(c1ccccc1)c1cc2c(cc1NCc1cnc(Cl)s1)OCCO2. The summed E-state index contributed by atoms with van der Waals surface area (Å²) in [6.45, 7) is 1.47. The Labute approximate surface area is 159 Å². The maximum Gasteiger partial charge on any atom is 0.195 e. The van der Waals surface area contributed by atoms with E-state index in [4.69, 9.17) is 21.1 Å². The fourth-order valence-electron chi connectivity index (χ4n) is 2.72.